The zero-order valence-electron chi connectivity index (χ0n) is 42.2. The number of carbonyl (C=O) groups is 1. The molecule has 0 aliphatic carbocycles. The number of nitrogens with zero attached hydrogens (tertiary/aromatic N) is 1. The van der Waals surface area contributed by atoms with Crippen LogP contribution in [0.15, 0.2) is 128 Å². The summed E-state index contributed by atoms with van der Waals surface area (Å²) in [4.78, 5) is 12.2. The minimum atomic E-state index is -6.13. The van der Waals surface area contributed by atoms with Gasteiger partial charge in [-0.05, 0) is 42.7 Å². The maximum atomic E-state index is 14.2. The zero-order chi connectivity index (χ0) is 61.7. The van der Waals surface area contributed by atoms with E-state index in [4.69, 9.17) is 0 Å². The Morgan fingerprint density at radius 1 is 0.354 bits per heavy atom. The minimum Gasteiger partial charge on any atom is -0.287 e. The largest absolute Gasteiger partial charge is 0.416 e. The standard InChI is InChI=1S/C32H12BF24.C23H32NO/c34-25(35,36)13-1-14(26(37,38)39)6-21(5-13)33(22-7-15(27(40,41)42)2-16(8-22)28(43,44)45,23-9-17(29(46,47)48)3-18(10-23)30(49,50)51)24-11-19(31(52,53)54)4-20(12-24)32(55,56)57;1-2-3-4-5-6-7-8-10-13-21-16-18-24(19-17-21)20-23(25)22-14-11-9-12-15-22/h1-12H;9,11-12,14-19H,2-8,10,13,20H2,1H3/q-1;+1. The summed E-state index contributed by atoms with van der Waals surface area (Å²) in [6.07, 6.45) is -38.8. The molecule has 0 aliphatic rings. The Kier molecular flexibility index (Phi) is 20.2. The Morgan fingerprint density at radius 2 is 0.610 bits per heavy atom. The second-order valence-electron chi connectivity index (χ2n) is 19.1. The summed E-state index contributed by atoms with van der Waals surface area (Å²) in [7, 11) is 0. The predicted octanol–water partition coefficient (Wildman–Crippen LogP) is 16.8. The molecular weight excluding hydrogens is 1160 g/mol. The molecule has 2 nitrogen and oxygen atoms in total. The van der Waals surface area contributed by atoms with Crippen molar-refractivity contribution in [1.82, 2.24) is 0 Å². The van der Waals surface area contributed by atoms with E-state index in [1.165, 1.54) is 56.9 Å². The Balaban J connectivity index is 0.000000409. The van der Waals surface area contributed by atoms with E-state index in [0.29, 0.717) is 6.54 Å². The summed E-state index contributed by atoms with van der Waals surface area (Å²) < 4.78 is 343. The molecule has 0 amide bonds. The number of Topliss-reactive ketones (excluding diaryl/α,β-unsaturated/α-hetero) is 1. The Bertz CT molecular complexity index is 2670. The molecule has 446 valence electrons. The molecule has 1 heterocycles. The van der Waals surface area contributed by atoms with Gasteiger partial charge in [-0.25, -0.2) is 0 Å². The third-order valence-corrected chi connectivity index (χ3v) is 13.1. The van der Waals surface area contributed by atoms with Crippen LogP contribution in [0, 0.1) is 0 Å². The first-order valence-corrected chi connectivity index (χ1v) is 24.5. The van der Waals surface area contributed by atoms with Gasteiger partial charge in [-0.3, -0.25) is 4.79 Å². The molecule has 82 heavy (non-hydrogen) atoms. The van der Waals surface area contributed by atoms with Gasteiger partial charge in [0, 0.05) is 17.7 Å². The van der Waals surface area contributed by atoms with Crippen LogP contribution in [0.2, 0.25) is 0 Å². The number of rotatable bonds is 16. The van der Waals surface area contributed by atoms with Crippen molar-refractivity contribution in [1.29, 1.82) is 0 Å². The van der Waals surface area contributed by atoms with Crippen molar-refractivity contribution >= 4 is 33.8 Å². The number of hydrogen-bond donors (Lipinski definition) is 0. The van der Waals surface area contributed by atoms with Crippen LogP contribution < -0.4 is 26.4 Å². The first kappa shape index (κ1) is 66.1. The van der Waals surface area contributed by atoms with Gasteiger partial charge in [-0.2, -0.15) is 132 Å². The van der Waals surface area contributed by atoms with Crippen molar-refractivity contribution in [2.45, 2.75) is 121 Å². The molecule has 27 heteroatoms. The highest BCUT2D eigenvalue weighted by atomic mass is 19.4. The number of carbonyl (C=O) groups excluding carboxylic acids is 1. The third kappa shape index (κ3) is 17.2. The van der Waals surface area contributed by atoms with E-state index in [9.17, 15) is 110 Å². The first-order chi connectivity index (χ1) is 37.6. The maximum absolute atomic E-state index is 14.2. The van der Waals surface area contributed by atoms with Gasteiger partial charge in [0.05, 0.1) is 44.5 Å². The third-order valence-electron chi connectivity index (χ3n) is 13.1. The molecular formula is C55H44BF24NO. The number of aryl methyl sites for hydroxylation is 1. The maximum Gasteiger partial charge on any atom is 0.416 e. The van der Waals surface area contributed by atoms with E-state index >= 15 is 0 Å². The van der Waals surface area contributed by atoms with Gasteiger partial charge in [-0.1, -0.05) is 131 Å². The lowest BCUT2D eigenvalue weighted by Crippen LogP contribution is -2.75. The van der Waals surface area contributed by atoms with Crippen molar-refractivity contribution in [3.8, 4) is 0 Å². The molecule has 6 rings (SSSR count). The van der Waals surface area contributed by atoms with Crippen LogP contribution in [-0.2, 0) is 62.4 Å². The van der Waals surface area contributed by atoms with Crippen molar-refractivity contribution in [3.05, 3.63) is 183 Å². The quantitative estimate of drug-likeness (QED) is 0.0311. The topological polar surface area (TPSA) is 20.9 Å². The van der Waals surface area contributed by atoms with Crippen molar-refractivity contribution in [2.75, 3.05) is 0 Å². The fourth-order valence-corrected chi connectivity index (χ4v) is 9.18. The highest BCUT2D eigenvalue weighted by Gasteiger charge is 2.47. The summed E-state index contributed by atoms with van der Waals surface area (Å²) in [6, 6.07) is 4.99. The van der Waals surface area contributed by atoms with Crippen LogP contribution in [0.5, 0.6) is 0 Å². The summed E-state index contributed by atoms with van der Waals surface area (Å²) in [5.74, 6) is 0.154. The van der Waals surface area contributed by atoms with Gasteiger partial charge >= 0.3 is 49.4 Å². The summed E-state index contributed by atoms with van der Waals surface area (Å²) >= 11 is 0. The van der Waals surface area contributed by atoms with Crippen molar-refractivity contribution < 1.29 is 115 Å². The predicted molar refractivity (Wildman–Crippen MR) is 254 cm³/mol. The highest BCUT2D eigenvalue weighted by Crippen LogP contribution is 2.41. The fraction of sp³-hybridized carbons (Fsp3) is 0.345. The normalized spacial score (nSPS) is 13.2. The van der Waals surface area contributed by atoms with Gasteiger partial charge in [0.25, 0.3) is 0 Å². The molecule has 0 saturated carbocycles. The molecule has 0 spiro atoms. The van der Waals surface area contributed by atoms with Crippen LogP contribution in [0.1, 0.15) is 119 Å². The molecule has 0 aliphatic heterocycles. The number of pyridine rings is 1. The number of hydrogen-bond acceptors (Lipinski definition) is 1. The molecule has 0 N–H and O–H groups in total. The lowest BCUT2D eigenvalue weighted by atomic mass is 9.12. The Hall–Kier alpha value is -6.70. The molecule has 0 unspecified atom stereocenters. The van der Waals surface area contributed by atoms with E-state index in [-0.39, 0.29) is 5.78 Å². The smallest absolute Gasteiger partial charge is 0.287 e. The summed E-state index contributed by atoms with van der Waals surface area (Å²) in [5, 5.41) is 0. The first-order valence-electron chi connectivity index (χ1n) is 24.5. The van der Waals surface area contributed by atoms with E-state index < -0.39 is 195 Å². The minimum absolute atomic E-state index is 0.154. The van der Waals surface area contributed by atoms with Gasteiger partial charge < -0.3 is 0 Å². The second kappa shape index (κ2) is 25.0. The number of benzene rings is 5. The second-order valence-corrected chi connectivity index (χ2v) is 19.1. The lowest BCUT2D eigenvalue weighted by Gasteiger charge is -2.46. The van der Waals surface area contributed by atoms with Crippen LogP contribution >= 0.6 is 0 Å². The number of ketones is 1. The fourth-order valence-electron chi connectivity index (χ4n) is 9.18. The molecule has 0 saturated heterocycles. The molecule has 5 aromatic carbocycles. The lowest BCUT2D eigenvalue weighted by molar-refractivity contribution is -0.683. The molecule has 6 aromatic rings. The number of alkyl halides is 24. The molecule has 1 aromatic heterocycles. The monoisotopic (exact) mass is 1200 g/mol. The van der Waals surface area contributed by atoms with E-state index in [1.54, 1.807) is 0 Å². The summed E-state index contributed by atoms with van der Waals surface area (Å²) in [5.41, 5.74) is -28.1. The van der Waals surface area contributed by atoms with Crippen LogP contribution in [0.3, 0.4) is 0 Å². The van der Waals surface area contributed by atoms with Gasteiger partial charge in [-0.15, -0.1) is 0 Å². The number of aromatic nitrogens is 1. The van der Waals surface area contributed by atoms with Gasteiger partial charge in [0.2, 0.25) is 12.3 Å². The Labute approximate surface area is 451 Å². The van der Waals surface area contributed by atoms with E-state index in [2.05, 4.69) is 19.1 Å². The number of halogens is 24. The Morgan fingerprint density at radius 3 is 0.866 bits per heavy atom. The average molecular weight is 1200 g/mol. The van der Waals surface area contributed by atoms with Gasteiger partial charge in [0.1, 0.15) is 6.15 Å². The number of unbranched alkanes of at least 4 members (excludes halogenated alkanes) is 7. The summed E-state index contributed by atoms with van der Waals surface area (Å²) in [6.45, 7) is 2.67. The van der Waals surface area contributed by atoms with E-state index in [0.717, 1.165) is 12.0 Å². The molecule has 0 fully saturated rings. The average Bonchev–Trinajstić information content (AvgIpc) is 2.71. The van der Waals surface area contributed by atoms with Gasteiger partial charge in [0.15, 0.2) is 12.4 Å². The molecule has 0 radical (unpaired) electrons. The van der Waals surface area contributed by atoms with Crippen LogP contribution in [-0.4, -0.2) is 11.9 Å². The molecule has 0 bridgehead atoms. The van der Waals surface area contributed by atoms with Crippen molar-refractivity contribution in [2.24, 2.45) is 0 Å². The SMILES string of the molecule is CCCCCCCCCCc1cc[n+](CC(=O)c2ccccc2)cc1.FC(F)(F)c1cc([B-](c2cc(C(F)(F)F)cc(C(F)(F)F)c2)(c2cc(C(F)(F)F)cc(C(F)(F)F)c2)c2cc(C(F)(F)F)cc(C(F)(F)F)c2)cc(C(F)(F)F)c1. The van der Waals surface area contributed by atoms with Crippen molar-refractivity contribution in [3.63, 3.8) is 0 Å². The van der Waals surface area contributed by atoms with Crippen LogP contribution in [0.25, 0.3) is 0 Å². The molecule has 0 atom stereocenters. The van der Waals surface area contributed by atoms with E-state index in [1.807, 2.05) is 47.3 Å². The zero-order valence-corrected chi connectivity index (χ0v) is 42.2. The highest BCUT2D eigenvalue weighted by molar-refractivity contribution is 7.20. The van der Waals surface area contributed by atoms with Crippen LogP contribution in [0.4, 0.5) is 105 Å².